The Hall–Kier alpha value is -1.65. The Morgan fingerprint density at radius 2 is 2.40 bits per heavy atom. The van der Waals surface area contributed by atoms with E-state index in [-0.39, 0.29) is 5.75 Å². The van der Waals surface area contributed by atoms with Gasteiger partial charge in [0.25, 0.3) is 0 Å². The lowest BCUT2D eigenvalue weighted by atomic mass is 10.3. The molecule has 0 radical (unpaired) electrons. The van der Waals surface area contributed by atoms with Gasteiger partial charge in [-0.1, -0.05) is 0 Å². The van der Waals surface area contributed by atoms with E-state index in [2.05, 4.69) is 4.98 Å². The molecule has 4 nitrogen and oxygen atoms in total. The molecule has 0 unspecified atom stereocenters. The molecular formula is C10H10FNO3. The molecule has 0 aliphatic heterocycles. The zero-order valence-electron chi connectivity index (χ0n) is 7.94. The average molecular weight is 211 g/mol. The Morgan fingerprint density at radius 3 is 2.93 bits per heavy atom. The van der Waals surface area contributed by atoms with Crippen molar-refractivity contribution in [2.24, 2.45) is 5.92 Å². The van der Waals surface area contributed by atoms with Crippen molar-refractivity contribution in [3.63, 3.8) is 0 Å². The van der Waals surface area contributed by atoms with E-state index in [0.717, 1.165) is 18.9 Å². The third-order valence-electron chi connectivity index (χ3n) is 2.20. The summed E-state index contributed by atoms with van der Waals surface area (Å²) in [7, 11) is 0. The van der Waals surface area contributed by atoms with Crippen LogP contribution in [0.5, 0.6) is 5.75 Å². The van der Waals surface area contributed by atoms with Gasteiger partial charge < -0.3 is 9.84 Å². The summed E-state index contributed by atoms with van der Waals surface area (Å²) in [5, 5.41) is 8.54. The van der Waals surface area contributed by atoms with Crippen LogP contribution in [-0.4, -0.2) is 22.7 Å². The summed E-state index contributed by atoms with van der Waals surface area (Å²) in [6.45, 7) is 0.549. The monoisotopic (exact) mass is 211 g/mol. The van der Waals surface area contributed by atoms with Gasteiger partial charge in [-0.05, 0) is 18.8 Å². The smallest absolute Gasteiger partial charge is 0.357 e. The molecule has 1 aromatic heterocycles. The predicted molar refractivity (Wildman–Crippen MR) is 49.4 cm³/mol. The van der Waals surface area contributed by atoms with Crippen LogP contribution in [0.2, 0.25) is 0 Å². The SMILES string of the molecule is O=C(O)c1ncc(OCC2CC2)cc1F. The van der Waals surface area contributed by atoms with Crippen molar-refractivity contribution < 1.29 is 19.0 Å². The van der Waals surface area contributed by atoms with Crippen molar-refractivity contribution in [2.75, 3.05) is 6.61 Å². The third-order valence-corrected chi connectivity index (χ3v) is 2.20. The van der Waals surface area contributed by atoms with Crippen molar-refractivity contribution in [2.45, 2.75) is 12.8 Å². The van der Waals surface area contributed by atoms with Gasteiger partial charge in [0.05, 0.1) is 12.8 Å². The number of ether oxygens (including phenoxy) is 1. The van der Waals surface area contributed by atoms with Gasteiger partial charge in [-0.2, -0.15) is 0 Å². The van der Waals surface area contributed by atoms with E-state index >= 15 is 0 Å². The molecule has 0 spiro atoms. The minimum atomic E-state index is -1.37. The van der Waals surface area contributed by atoms with E-state index in [9.17, 15) is 9.18 Å². The van der Waals surface area contributed by atoms with Gasteiger partial charge in [0, 0.05) is 6.07 Å². The first-order chi connectivity index (χ1) is 7.16. The first kappa shape index (κ1) is 9.89. The van der Waals surface area contributed by atoms with Crippen molar-refractivity contribution in [3.05, 3.63) is 23.8 Å². The normalized spacial score (nSPS) is 15.0. The number of aromatic nitrogens is 1. The fourth-order valence-corrected chi connectivity index (χ4v) is 1.16. The quantitative estimate of drug-likeness (QED) is 0.823. The number of halogens is 1. The summed E-state index contributed by atoms with van der Waals surface area (Å²) >= 11 is 0. The first-order valence-electron chi connectivity index (χ1n) is 4.68. The Kier molecular flexibility index (Phi) is 2.53. The highest BCUT2D eigenvalue weighted by Gasteiger charge is 2.22. The van der Waals surface area contributed by atoms with Gasteiger partial charge in [-0.25, -0.2) is 14.2 Å². The van der Waals surface area contributed by atoms with Gasteiger partial charge >= 0.3 is 5.97 Å². The van der Waals surface area contributed by atoms with Crippen LogP contribution in [0.25, 0.3) is 0 Å². The van der Waals surface area contributed by atoms with Crippen LogP contribution in [0.3, 0.4) is 0 Å². The predicted octanol–water partition coefficient (Wildman–Crippen LogP) is 1.71. The minimum absolute atomic E-state index is 0.282. The standard InChI is InChI=1S/C10H10FNO3/c11-8-3-7(15-5-6-1-2-6)4-12-9(8)10(13)14/h3-4,6H,1-2,5H2,(H,13,14). The van der Waals surface area contributed by atoms with E-state index in [1.54, 1.807) is 0 Å². The number of nitrogens with zero attached hydrogens (tertiary/aromatic N) is 1. The fraction of sp³-hybridized carbons (Fsp3) is 0.400. The van der Waals surface area contributed by atoms with E-state index in [1.165, 1.54) is 6.20 Å². The Labute approximate surface area is 85.7 Å². The Balaban J connectivity index is 2.06. The summed E-state index contributed by atoms with van der Waals surface area (Å²) < 4.78 is 18.4. The molecule has 0 saturated heterocycles. The molecule has 0 amide bonds. The number of aromatic carboxylic acids is 1. The third kappa shape index (κ3) is 2.43. The molecule has 1 N–H and O–H groups in total. The van der Waals surface area contributed by atoms with Crippen LogP contribution >= 0.6 is 0 Å². The molecule has 0 aromatic carbocycles. The number of pyridine rings is 1. The van der Waals surface area contributed by atoms with Crippen LogP contribution < -0.4 is 4.74 Å². The summed E-state index contributed by atoms with van der Waals surface area (Å²) in [5.41, 5.74) is -0.575. The lowest BCUT2D eigenvalue weighted by Crippen LogP contribution is -2.06. The largest absolute Gasteiger partial charge is 0.492 e. The van der Waals surface area contributed by atoms with Crippen molar-refractivity contribution in [1.29, 1.82) is 0 Å². The maximum absolute atomic E-state index is 13.1. The number of hydrogen-bond acceptors (Lipinski definition) is 3. The van der Waals surface area contributed by atoms with Crippen molar-refractivity contribution in [3.8, 4) is 5.75 Å². The molecule has 1 aromatic rings. The molecule has 1 aliphatic rings. The molecule has 1 saturated carbocycles. The highest BCUT2D eigenvalue weighted by atomic mass is 19.1. The highest BCUT2D eigenvalue weighted by molar-refractivity contribution is 5.85. The highest BCUT2D eigenvalue weighted by Crippen LogP contribution is 2.29. The molecule has 80 valence electrons. The molecular weight excluding hydrogens is 201 g/mol. The zero-order chi connectivity index (χ0) is 10.8. The molecule has 0 bridgehead atoms. The summed E-state index contributed by atoms with van der Waals surface area (Å²) in [6.07, 6.45) is 3.52. The van der Waals surface area contributed by atoms with E-state index in [1.807, 2.05) is 0 Å². The average Bonchev–Trinajstić information content (AvgIpc) is 2.97. The number of carbonyl (C=O) groups is 1. The van der Waals surface area contributed by atoms with Crippen LogP contribution in [0.4, 0.5) is 4.39 Å². The van der Waals surface area contributed by atoms with Gasteiger partial charge in [-0.15, -0.1) is 0 Å². The Morgan fingerprint density at radius 1 is 1.67 bits per heavy atom. The number of carboxylic acid groups (broad SMARTS) is 1. The van der Waals surface area contributed by atoms with Gasteiger partial charge in [-0.3, -0.25) is 0 Å². The van der Waals surface area contributed by atoms with Gasteiger partial charge in [0.2, 0.25) is 0 Å². The van der Waals surface area contributed by atoms with Crippen molar-refractivity contribution in [1.82, 2.24) is 4.98 Å². The maximum Gasteiger partial charge on any atom is 0.357 e. The summed E-state index contributed by atoms with van der Waals surface area (Å²) in [4.78, 5) is 13.9. The van der Waals surface area contributed by atoms with Gasteiger partial charge in [0.1, 0.15) is 5.75 Å². The van der Waals surface area contributed by atoms with Crippen LogP contribution in [0.1, 0.15) is 23.3 Å². The lowest BCUT2D eigenvalue weighted by molar-refractivity contribution is 0.0684. The van der Waals surface area contributed by atoms with E-state index in [4.69, 9.17) is 9.84 Å². The molecule has 1 heterocycles. The van der Waals surface area contributed by atoms with Crippen LogP contribution in [0, 0.1) is 11.7 Å². The number of carboxylic acids is 1. The molecule has 2 rings (SSSR count). The zero-order valence-corrected chi connectivity index (χ0v) is 7.94. The molecule has 5 heteroatoms. The second kappa shape index (κ2) is 3.84. The minimum Gasteiger partial charge on any atom is -0.492 e. The van der Waals surface area contributed by atoms with E-state index in [0.29, 0.717) is 12.5 Å². The van der Waals surface area contributed by atoms with E-state index < -0.39 is 17.5 Å². The molecule has 15 heavy (non-hydrogen) atoms. The topological polar surface area (TPSA) is 59.4 Å². The second-order valence-corrected chi connectivity index (χ2v) is 3.56. The second-order valence-electron chi connectivity index (χ2n) is 3.56. The number of hydrogen-bond donors (Lipinski definition) is 1. The molecule has 0 atom stereocenters. The lowest BCUT2D eigenvalue weighted by Gasteiger charge is -2.05. The number of rotatable bonds is 4. The molecule has 1 aliphatic carbocycles. The summed E-state index contributed by atoms with van der Waals surface area (Å²) in [6, 6.07) is 1.05. The summed E-state index contributed by atoms with van der Waals surface area (Å²) in [5.74, 6) is -1.39. The van der Waals surface area contributed by atoms with Gasteiger partial charge in [0.15, 0.2) is 11.5 Å². The van der Waals surface area contributed by atoms with Crippen LogP contribution in [-0.2, 0) is 0 Å². The Bertz CT molecular complexity index is 390. The first-order valence-corrected chi connectivity index (χ1v) is 4.68. The fourth-order valence-electron chi connectivity index (χ4n) is 1.16. The van der Waals surface area contributed by atoms with Crippen LogP contribution in [0.15, 0.2) is 12.3 Å². The molecule has 1 fully saturated rings. The van der Waals surface area contributed by atoms with Crippen molar-refractivity contribution >= 4 is 5.97 Å². The maximum atomic E-state index is 13.1.